The lowest BCUT2D eigenvalue weighted by Crippen LogP contribution is -2.46. The Labute approximate surface area is 129 Å². The van der Waals surface area contributed by atoms with Crippen LogP contribution in [0, 0.1) is 13.7 Å². The topological polar surface area (TPSA) is 81.9 Å². The van der Waals surface area contributed by atoms with E-state index in [1.165, 1.54) is 13.2 Å². The van der Waals surface area contributed by atoms with Gasteiger partial charge in [-0.2, -0.15) is 0 Å². The van der Waals surface area contributed by atoms with Crippen molar-refractivity contribution in [2.75, 3.05) is 31.7 Å². The van der Waals surface area contributed by atoms with Crippen LogP contribution in [-0.2, 0) is 14.3 Å². The number of nitrogens with zero attached hydrogens (tertiary/aromatic N) is 2. The first-order valence-electron chi connectivity index (χ1n) is 5.91. The average molecular weight is 392 g/mol. The highest BCUT2D eigenvalue weighted by molar-refractivity contribution is 14.1. The van der Waals surface area contributed by atoms with Gasteiger partial charge in [-0.3, -0.25) is 10.1 Å². The van der Waals surface area contributed by atoms with Crippen molar-refractivity contribution in [1.82, 2.24) is 0 Å². The number of nitro groups is 1. The summed E-state index contributed by atoms with van der Waals surface area (Å²) in [5.41, 5.74) is 0.523. The summed E-state index contributed by atoms with van der Waals surface area (Å²) < 4.78 is 10.8. The van der Waals surface area contributed by atoms with E-state index in [1.54, 1.807) is 17.0 Å². The third kappa shape index (κ3) is 3.18. The maximum absolute atomic E-state index is 11.5. The lowest BCUT2D eigenvalue weighted by molar-refractivity contribution is -0.384. The molecule has 1 aromatic rings. The number of carbonyl (C=O) groups is 1. The van der Waals surface area contributed by atoms with Crippen LogP contribution in [0.4, 0.5) is 11.4 Å². The summed E-state index contributed by atoms with van der Waals surface area (Å²) in [5.74, 6) is -0.470. The summed E-state index contributed by atoms with van der Waals surface area (Å²) >= 11 is 2.03. The van der Waals surface area contributed by atoms with Gasteiger partial charge in [0.15, 0.2) is 6.10 Å². The van der Waals surface area contributed by atoms with E-state index in [4.69, 9.17) is 4.74 Å². The molecule has 20 heavy (non-hydrogen) atoms. The van der Waals surface area contributed by atoms with Crippen molar-refractivity contribution in [3.63, 3.8) is 0 Å². The number of ether oxygens (including phenoxy) is 2. The van der Waals surface area contributed by atoms with Gasteiger partial charge in [0.1, 0.15) is 5.69 Å². The molecule has 1 atom stereocenters. The molecule has 0 amide bonds. The number of hydrogen-bond donors (Lipinski definition) is 0. The molecule has 0 spiro atoms. The molecule has 1 aliphatic heterocycles. The van der Waals surface area contributed by atoms with Crippen LogP contribution in [0.25, 0.3) is 0 Å². The number of hydrogen-bond acceptors (Lipinski definition) is 6. The summed E-state index contributed by atoms with van der Waals surface area (Å²) in [4.78, 5) is 24.0. The van der Waals surface area contributed by atoms with Gasteiger partial charge in [0.2, 0.25) is 0 Å². The van der Waals surface area contributed by atoms with Crippen molar-refractivity contribution in [2.45, 2.75) is 6.10 Å². The smallest absolute Gasteiger partial charge is 0.336 e. The molecule has 2 rings (SSSR count). The van der Waals surface area contributed by atoms with Crippen molar-refractivity contribution in [3.8, 4) is 0 Å². The second-order valence-electron chi connectivity index (χ2n) is 4.22. The zero-order valence-electron chi connectivity index (χ0n) is 10.7. The molecule has 1 unspecified atom stereocenters. The van der Waals surface area contributed by atoms with Crippen LogP contribution in [0.1, 0.15) is 0 Å². The number of anilines is 1. The van der Waals surface area contributed by atoms with E-state index in [2.05, 4.69) is 4.74 Å². The average Bonchev–Trinajstić information content (AvgIpc) is 2.46. The number of rotatable bonds is 3. The molecular weight excluding hydrogens is 379 g/mol. The maximum Gasteiger partial charge on any atom is 0.336 e. The molecule has 7 nitrogen and oxygen atoms in total. The number of benzene rings is 1. The number of methoxy groups -OCH3 is 1. The SMILES string of the molecule is COC(=O)C1CN(c2ccc(I)cc2[N+](=O)[O-])CCO1. The minimum Gasteiger partial charge on any atom is -0.467 e. The normalized spacial score (nSPS) is 18.7. The molecular formula is C12H13IN2O5. The fourth-order valence-electron chi connectivity index (χ4n) is 2.05. The largest absolute Gasteiger partial charge is 0.467 e. The van der Waals surface area contributed by atoms with E-state index >= 15 is 0 Å². The van der Waals surface area contributed by atoms with Gasteiger partial charge in [-0.05, 0) is 34.7 Å². The summed E-state index contributed by atoms with van der Waals surface area (Å²) in [5, 5.41) is 11.1. The Morgan fingerprint density at radius 2 is 2.35 bits per heavy atom. The molecule has 0 radical (unpaired) electrons. The fourth-order valence-corrected chi connectivity index (χ4v) is 2.53. The van der Waals surface area contributed by atoms with Gasteiger partial charge < -0.3 is 14.4 Å². The van der Waals surface area contributed by atoms with E-state index in [0.717, 1.165) is 3.57 Å². The van der Waals surface area contributed by atoms with E-state index < -0.39 is 17.0 Å². The van der Waals surface area contributed by atoms with Crippen LogP contribution in [0.15, 0.2) is 18.2 Å². The van der Waals surface area contributed by atoms with E-state index in [0.29, 0.717) is 18.8 Å². The molecule has 1 aromatic carbocycles. The minimum atomic E-state index is -0.715. The highest BCUT2D eigenvalue weighted by atomic mass is 127. The summed E-state index contributed by atoms with van der Waals surface area (Å²) in [6.07, 6.45) is -0.715. The number of esters is 1. The van der Waals surface area contributed by atoms with Crippen LogP contribution in [0.3, 0.4) is 0 Å². The molecule has 1 heterocycles. The minimum absolute atomic E-state index is 0.0300. The molecule has 0 saturated carbocycles. The Morgan fingerprint density at radius 3 is 3.00 bits per heavy atom. The van der Waals surface area contributed by atoms with Crippen LogP contribution < -0.4 is 4.90 Å². The predicted molar refractivity (Wildman–Crippen MR) is 79.8 cm³/mol. The van der Waals surface area contributed by atoms with Gasteiger partial charge in [-0.25, -0.2) is 4.79 Å². The van der Waals surface area contributed by atoms with Crippen molar-refractivity contribution in [3.05, 3.63) is 31.9 Å². The molecule has 0 aliphatic carbocycles. The van der Waals surface area contributed by atoms with Gasteiger partial charge in [0, 0.05) is 16.2 Å². The number of nitro benzene ring substituents is 1. The first-order chi connectivity index (χ1) is 9.52. The third-order valence-electron chi connectivity index (χ3n) is 3.01. The monoisotopic (exact) mass is 392 g/mol. The van der Waals surface area contributed by atoms with Crippen LogP contribution >= 0.6 is 22.6 Å². The Hall–Kier alpha value is -1.42. The number of carbonyl (C=O) groups excluding carboxylic acids is 1. The molecule has 1 aliphatic rings. The molecule has 0 bridgehead atoms. The zero-order chi connectivity index (χ0) is 14.7. The molecule has 0 aromatic heterocycles. The Balaban J connectivity index is 2.27. The maximum atomic E-state index is 11.5. The Bertz CT molecular complexity index is 537. The molecule has 0 N–H and O–H groups in total. The molecule has 1 saturated heterocycles. The highest BCUT2D eigenvalue weighted by Crippen LogP contribution is 2.31. The Kier molecular flexibility index (Phi) is 4.76. The quantitative estimate of drug-likeness (QED) is 0.336. The molecule has 1 fully saturated rings. The van der Waals surface area contributed by atoms with Crippen molar-refractivity contribution in [1.29, 1.82) is 0 Å². The van der Waals surface area contributed by atoms with E-state index in [9.17, 15) is 14.9 Å². The van der Waals surface area contributed by atoms with Gasteiger partial charge in [0.25, 0.3) is 5.69 Å². The van der Waals surface area contributed by atoms with E-state index in [-0.39, 0.29) is 12.2 Å². The highest BCUT2D eigenvalue weighted by Gasteiger charge is 2.30. The summed E-state index contributed by atoms with van der Waals surface area (Å²) in [6.45, 7) is 1.06. The fraction of sp³-hybridized carbons (Fsp3) is 0.417. The lowest BCUT2D eigenvalue weighted by Gasteiger charge is -2.32. The lowest BCUT2D eigenvalue weighted by atomic mass is 10.2. The summed E-state index contributed by atoms with van der Waals surface area (Å²) in [6, 6.07) is 5.00. The van der Waals surface area contributed by atoms with Crippen LogP contribution in [0.5, 0.6) is 0 Å². The van der Waals surface area contributed by atoms with E-state index in [1.807, 2.05) is 22.6 Å². The van der Waals surface area contributed by atoms with Gasteiger partial charge >= 0.3 is 5.97 Å². The first kappa shape index (κ1) is 15.0. The second-order valence-corrected chi connectivity index (χ2v) is 5.46. The van der Waals surface area contributed by atoms with Crippen molar-refractivity contribution >= 4 is 39.9 Å². The van der Waals surface area contributed by atoms with Gasteiger partial charge in [-0.1, -0.05) is 0 Å². The second kappa shape index (κ2) is 6.35. The number of morpholine rings is 1. The molecule has 8 heteroatoms. The zero-order valence-corrected chi connectivity index (χ0v) is 12.9. The van der Waals surface area contributed by atoms with Crippen molar-refractivity contribution < 1.29 is 19.2 Å². The van der Waals surface area contributed by atoms with Crippen molar-refractivity contribution in [2.24, 2.45) is 0 Å². The van der Waals surface area contributed by atoms with Crippen LogP contribution in [0.2, 0.25) is 0 Å². The first-order valence-corrected chi connectivity index (χ1v) is 6.99. The van der Waals surface area contributed by atoms with Gasteiger partial charge in [-0.15, -0.1) is 0 Å². The predicted octanol–water partition coefficient (Wildman–Crippen LogP) is 1.58. The Morgan fingerprint density at radius 1 is 1.60 bits per heavy atom. The number of halogens is 1. The molecule has 108 valence electrons. The summed E-state index contributed by atoms with van der Waals surface area (Å²) in [7, 11) is 1.29. The van der Waals surface area contributed by atoms with Gasteiger partial charge in [0.05, 0.1) is 25.2 Å². The van der Waals surface area contributed by atoms with Crippen LogP contribution in [-0.4, -0.2) is 43.8 Å². The third-order valence-corrected chi connectivity index (χ3v) is 3.68. The standard InChI is InChI=1S/C12H13IN2O5/c1-19-12(16)11-7-14(4-5-20-11)9-3-2-8(13)6-10(9)15(17)18/h2-3,6,11H,4-5,7H2,1H3.